The van der Waals surface area contributed by atoms with Crippen LogP contribution in [0.15, 0.2) is 30.3 Å². The van der Waals surface area contributed by atoms with Gasteiger partial charge >= 0.3 is 12.1 Å². The van der Waals surface area contributed by atoms with Gasteiger partial charge in [0.25, 0.3) is 0 Å². The third-order valence-electron chi connectivity index (χ3n) is 5.64. The number of hydrogen-bond acceptors (Lipinski definition) is 6. The summed E-state index contributed by atoms with van der Waals surface area (Å²) < 4.78 is 64.0. The molecule has 3 rings (SSSR count). The summed E-state index contributed by atoms with van der Waals surface area (Å²) in [5, 5.41) is 11.7. The monoisotopic (exact) mass is 560 g/mol. The number of nitrogens with one attached hydrogen (secondary N) is 1. The maximum absolute atomic E-state index is 13.8. The minimum Gasteiger partial charge on any atom is -0.481 e. The van der Waals surface area contributed by atoms with Crippen molar-refractivity contribution in [3.05, 3.63) is 58.6 Å². The maximum atomic E-state index is 13.8. The van der Waals surface area contributed by atoms with Gasteiger partial charge < -0.3 is 24.8 Å². The third-order valence-corrected chi connectivity index (χ3v) is 5.87. The SMILES string of the molecule is O=C(O)C[C@H](NC(=O)C1CCN(C(=O)Oc2cccc(Cl)c2)CC1)C(=O)COc1c(F)c(F)cc(F)c1F. The van der Waals surface area contributed by atoms with Gasteiger partial charge in [0, 0.05) is 30.1 Å². The van der Waals surface area contributed by atoms with Gasteiger partial charge in [0.1, 0.15) is 18.4 Å². The van der Waals surface area contributed by atoms with E-state index in [-0.39, 0.29) is 37.7 Å². The number of Topliss-reactive ketones (excluding diaryl/α,β-unsaturated/α-hetero) is 1. The number of nitrogens with zero attached hydrogens (tertiary/aromatic N) is 1. The summed E-state index contributed by atoms with van der Waals surface area (Å²) in [6.07, 6.45) is -1.21. The Hall–Kier alpha value is -3.87. The second-order valence-corrected chi connectivity index (χ2v) is 8.73. The average molecular weight is 561 g/mol. The van der Waals surface area contributed by atoms with Crippen LogP contribution in [0.4, 0.5) is 22.4 Å². The molecular weight excluding hydrogens is 540 g/mol. The molecule has 1 atom stereocenters. The molecule has 1 saturated heterocycles. The average Bonchev–Trinajstić information content (AvgIpc) is 2.86. The molecule has 0 aromatic heterocycles. The van der Waals surface area contributed by atoms with Crippen molar-refractivity contribution >= 4 is 35.4 Å². The number of likely N-dealkylation sites (tertiary alicyclic amines) is 1. The van der Waals surface area contributed by atoms with E-state index < -0.39 is 77.8 Å². The van der Waals surface area contributed by atoms with Gasteiger partial charge in [0.2, 0.25) is 17.5 Å². The van der Waals surface area contributed by atoms with E-state index in [0.29, 0.717) is 5.02 Å². The highest BCUT2D eigenvalue weighted by molar-refractivity contribution is 6.30. The minimum atomic E-state index is -1.88. The number of amides is 2. The van der Waals surface area contributed by atoms with Crippen LogP contribution in [0.1, 0.15) is 19.3 Å². The smallest absolute Gasteiger partial charge is 0.415 e. The number of piperidine rings is 1. The van der Waals surface area contributed by atoms with E-state index in [1.807, 2.05) is 0 Å². The molecule has 2 amide bonds. The van der Waals surface area contributed by atoms with E-state index in [2.05, 4.69) is 10.1 Å². The van der Waals surface area contributed by atoms with Gasteiger partial charge in [0.05, 0.1) is 6.42 Å². The molecular formula is C24H21ClF4N2O7. The van der Waals surface area contributed by atoms with Crippen molar-refractivity contribution in [3.8, 4) is 11.5 Å². The highest BCUT2D eigenvalue weighted by Crippen LogP contribution is 2.27. The summed E-state index contributed by atoms with van der Waals surface area (Å²) in [5.41, 5.74) is 0. The fourth-order valence-electron chi connectivity index (χ4n) is 3.65. The van der Waals surface area contributed by atoms with E-state index >= 15 is 0 Å². The van der Waals surface area contributed by atoms with Crippen LogP contribution in [0, 0.1) is 29.2 Å². The van der Waals surface area contributed by atoms with E-state index in [4.69, 9.17) is 21.4 Å². The minimum absolute atomic E-state index is 0.0466. The molecule has 2 aromatic carbocycles. The summed E-state index contributed by atoms with van der Waals surface area (Å²) in [4.78, 5) is 50.1. The van der Waals surface area contributed by atoms with Crippen LogP contribution in [-0.2, 0) is 14.4 Å². The van der Waals surface area contributed by atoms with Gasteiger partial charge in [-0.25, -0.2) is 13.6 Å². The highest BCUT2D eigenvalue weighted by atomic mass is 35.5. The number of hydrogen-bond donors (Lipinski definition) is 2. The Morgan fingerprint density at radius 1 is 1.05 bits per heavy atom. The fourth-order valence-corrected chi connectivity index (χ4v) is 3.83. The van der Waals surface area contributed by atoms with Crippen molar-refractivity contribution < 1.29 is 51.3 Å². The molecule has 38 heavy (non-hydrogen) atoms. The van der Waals surface area contributed by atoms with Crippen LogP contribution in [0.2, 0.25) is 5.02 Å². The van der Waals surface area contributed by atoms with Crippen LogP contribution in [0.5, 0.6) is 11.5 Å². The fraction of sp³-hybridized carbons (Fsp3) is 0.333. The molecule has 1 heterocycles. The summed E-state index contributed by atoms with van der Waals surface area (Å²) in [7, 11) is 0. The molecule has 2 aromatic rings. The lowest BCUT2D eigenvalue weighted by atomic mass is 9.95. The Balaban J connectivity index is 1.56. The zero-order valence-electron chi connectivity index (χ0n) is 19.5. The first kappa shape index (κ1) is 28.7. The zero-order chi connectivity index (χ0) is 28.0. The van der Waals surface area contributed by atoms with Crippen LogP contribution in [-0.4, -0.2) is 59.5 Å². The number of rotatable bonds is 9. The second kappa shape index (κ2) is 12.6. The van der Waals surface area contributed by atoms with E-state index in [1.54, 1.807) is 18.2 Å². The number of carboxylic acids is 1. The molecule has 0 aliphatic carbocycles. The third kappa shape index (κ3) is 7.34. The normalized spacial score (nSPS) is 14.5. The molecule has 1 aliphatic rings. The number of ether oxygens (including phenoxy) is 2. The first-order valence-corrected chi connectivity index (χ1v) is 11.6. The van der Waals surface area contributed by atoms with Gasteiger partial charge in [0.15, 0.2) is 23.2 Å². The molecule has 9 nitrogen and oxygen atoms in total. The number of halogens is 5. The number of carbonyl (C=O) groups excluding carboxylic acids is 3. The number of benzene rings is 2. The Kier molecular flexibility index (Phi) is 9.50. The van der Waals surface area contributed by atoms with Crippen molar-refractivity contribution in [2.45, 2.75) is 25.3 Å². The molecule has 14 heteroatoms. The standard InChI is InChI=1S/C24H21ClF4N2O7/c25-13-2-1-3-14(8-13)38-24(36)31-6-4-12(5-7-31)23(35)30-17(10-19(33)34)18(32)11-37-22-20(28)15(26)9-16(27)21(22)29/h1-3,8-9,12,17H,4-7,10-11H2,(H,30,35)(H,33,34)/t17-/m0/s1. The van der Waals surface area contributed by atoms with Crippen LogP contribution >= 0.6 is 11.6 Å². The van der Waals surface area contributed by atoms with E-state index in [9.17, 15) is 36.7 Å². The predicted molar refractivity (Wildman–Crippen MR) is 123 cm³/mol. The highest BCUT2D eigenvalue weighted by Gasteiger charge is 2.32. The number of carboxylic acid groups (broad SMARTS) is 1. The number of carbonyl (C=O) groups is 4. The lowest BCUT2D eigenvalue weighted by molar-refractivity contribution is -0.141. The van der Waals surface area contributed by atoms with Crippen LogP contribution in [0.25, 0.3) is 0 Å². The van der Waals surface area contributed by atoms with Crippen LogP contribution < -0.4 is 14.8 Å². The van der Waals surface area contributed by atoms with Crippen molar-refractivity contribution in [2.24, 2.45) is 5.92 Å². The summed E-state index contributed by atoms with van der Waals surface area (Å²) in [5.74, 6) is -12.5. The molecule has 0 bridgehead atoms. The molecule has 1 aliphatic heterocycles. The Bertz CT molecular complexity index is 1210. The second-order valence-electron chi connectivity index (χ2n) is 8.30. The quantitative estimate of drug-likeness (QED) is 0.354. The van der Waals surface area contributed by atoms with Crippen molar-refractivity contribution in [1.82, 2.24) is 10.2 Å². The van der Waals surface area contributed by atoms with Crippen molar-refractivity contribution in [1.29, 1.82) is 0 Å². The number of ketones is 1. The molecule has 0 spiro atoms. The van der Waals surface area contributed by atoms with Gasteiger partial charge in [-0.2, -0.15) is 8.78 Å². The van der Waals surface area contributed by atoms with Crippen molar-refractivity contribution in [3.63, 3.8) is 0 Å². The molecule has 0 unspecified atom stereocenters. The Labute approximate surface area is 218 Å². The first-order chi connectivity index (χ1) is 18.0. The summed E-state index contributed by atoms with van der Waals surface area (Å²) in [6.45, 7) is -0.924. The number of aliphatic carboxylic acids is 1. The predicted octanol–water partition coefficient (Wildman–Crippen LogP) is 3.71. The molecule has 0 radical (unpaired) electrons. The van der Waals surface area contributed by atoms with Gasteiger partial charge in [-0.1, -0.05) is 17.7 Å². The molecule has 204 valence electrons. The lowest BCUT2D eigenvalue weighted by Gasteiger charge is -2.31. The van der Waals surface area contributed by atoms with Gasteiger partial charge in [-0.3, -0.25) is 14.4 Å². The summed E-state index contributed by atoms with van der Waals surface area (Å²) in [6, 6.07) is 4.50. The Morgan fingerprint density at radius 2 is 1.68 bits per heavy atom. The largest absolute Gasteiger partial charge is 0.481 e. The Morgan fingerprint density at radius 3 is 2.26 bits per heavy atom. The van der Waals surface area contributed by atoms with Gasteiger partial charge in [-0.15, -0.1) is 0 Å². The molecule has 0 saturated carbocycles. The van der Waals surface area contributed by atoms with Gasteiger partial charge in [-0.05, 0) is 31.0 Å². The van der Waals surface area contributed by atoms with Crippen LogP contribution in [0.3, 0.4) is 0 Å². The van der Waals surface area contributed by atoms with E-state index in [1.165, 1.54) is 11.0 Å². The maximum Gasteiger partial charge on any atom is 0.415 e. The first-order valence-electron chi connectivity index (χ1n) is 11.2. The van der Waals surface area contributed by atoms with E-state index in [0.717, 1.165) is 0 Å². The zero-order valence-corrected chi connectivity index (χ0v) is 20.3. The lowest BCUT2D eigenvalue weighted by Crippen LogP contribution is -2.49. The van der Waals surface area contributed by atoms with Crippen molar-refractivity contribution in [2.75, 3.05) is 19.7 Å². The molecule has 1 fully saturated rings. The molecule has 2 N–H and O–H groups in total. The topological polar surface area (TPSA) is 122 Å². The summed E-state index contributed by atoms with van der Waals surface area (Å²) >= 11 is 5.86.